The Bertz CT molecular complexity index is 922. The fraction of sp³-hybridized carbons (Fsp3) is 0. The van der Waals surface area contributed by atoms with E-state index in [1.165, 1.54) is 0 Å². The number of sulfonamides is 1. The van der Waals surface area contributed by atoms with Crippen LogP contribution < -0.4 is 4.72 Å². The lowest BCUT2D eigenvalue weighted by atomic mass is 10.2. The lowest BCUT2D eigenvalue weighted by molar-refractivity contribution is 0.551. The smallest absolute Gasteiger partial charge is 0.266 e. The maximum atomic E-state index is 13.6. The van der Waals surface area contributed by atoms with E-state index in [4.69, 9.17) is 0 Å². The van der Waals surface area contributed by atoms with Crippen LogP contribution in [0.3, 0.4) is 0 Å². The predicted octanol–water partition coefficient (Wildman–Crippen LogP) is 2.64. The zero-order valence-corrected chi connectivity index (χ0v) is 11.3. The quantitative estimate of drug-likeness (QED) is 0.781. The Morgan fingerprint density at radius 2 is 1.86 bits per heavy atom. The van der Waals surface area contributed by atoms with Crippen molar-refractivity contribution in [1.82, 2.24) is 10.2 Å². The molecule has 0 aliphatic rings. The van der Waals surface area contributed by atoms with Crippen LogP contribution in [0.5, 0.6) is 0 Å². The van der Waals surface area contributed by atoms with Crippen LogP contribution in [0.1, 0.15) is 0 Å². The maximum absolute atomic E-state index is 13.6. The Hall–Kier alpha value is -2.48. The molecule has 2 aromatic carbocycles. The van der Waals surface area contributed by atoms with Gasteiger partial charge >= 0.3 is 0 Å². The van der Waals surface area contributed by atoms with E-state index in [0.717, 1.165) is 12.1 Å². The van der Waals surface area contributed by atoms with Gasteiger partial charge in [0, 0.05) is 11.5 Å². The Labute approximate surface area is 118 Å². The van der Waals surface area contributed by atoms with Crippen LogP contribution in [-0.2, 0) is 10.0 Å². The molecule has 0 saturated heterocycles. The molecule has 0 unspecified atom stereocenters. The summed E-state index contributed by atoms with van der Waals surface area (Å²) in [4.78, 5) is -0.643. The number of aromatic nitrogens is 2. The molecule has 8 heteroatoms. The minimum atomic E-state index is -4.20. The number of benzene rings is 2. The van der Waals surface area contributed by atoms with Gasteiger partial charge < -0.3 is 0 Å². The van der Waals surface area contributed by atoms with Crippen molar-refractivity contribution in [2.24, 2.45) is 0 Å². The number of halogens is 2. The van der Waals surface area contributed by atoms with Gasteiger partial charge in [0.15, 0.2) is 5.82 Å². The molecule has 3 aromatic rings. The van der Waals surface area contributed by atoms with Gasteiger partial charge in [0.25, 0.3) is 10.0 Å². The van der Waals surface area contributed by atoms with E-state index in [1.807, 2.05) is 0 Å². The lowest BCUT2D eigenvalue weighted by Crippen LogP contribution is -2.15. The first-order valence-corrected chi connectivity index (χ1v) is 7.37. The third-order valence-electron chi connectivity index (χ3n) is 2.88. The first kappa shape index (κ1) is 13.5. The molecule has 0 aliphatic heterocycles. The van der Waals surface area contributed by atoms with Gasteiger partial charge in [-0.15, -0.1) is 0 Å². The molecular formula is C13H9F2N3O2S. The highest BCUT2D eigenvalue weighted by atomic mass is 32.2. The van der Waals surface area contributed by atoms with Crippen molar-refractivity contribution in [1.29, 1.82) is 0 Å². The zero-order chi connectivity index (χ0) is 15.0. The molecule has 0 radical (unpaired) electrons. The summed E-state index contributed by atoms with van der Waals surface area (Å²) >= 11 is 0. The molecule has 0 saturated carbocycles. The van der Waals surface area contributed by atoms with Crippen molar-refractivity contribution in [2.45, 2.75) is 4.90 Å². The Morgan fingerprint density at radius 3 is 2.62 bits per heavy atom. The second-order valence-electron chi connectivity index (χ2n) is 4.30. The van der Waals surface area contributed by atoms with E-state index in [2.05, 4.69) is 14.9 Å². The van der Waals surface area contributed by atoms with E-state index in [-0.39, 0.29) is 5.82 Å². The lowest BCUT2D eigenvalue weighted by Gasteiger charge is -2.06. The number of anilines is 1. The minimum absolute atomic E-state index is 0.0503. The SMILES string of the molecule is O=S(=O)(Nc1n[nH]c2ccccc12)c1ccc(F)cc1F. The molecule has 21 heavy (non-hydrogen) atoms. The molecular weight excluding hydrogens is 300 g/mol. The van der Waals surface area contributed by atoms with Crippen LogP contribution in [0.15, 0.2) is 47.4 Å². The molecule has 3 rings (SSSR count). The standard InChI is InChI=1S/C13H9F2N3O2S/c14-8-5-6-12(10(15)7-8)21(19,20)18-13-9-3-1-2-4-11(9)16-17-13/h1-7H,(H2,16,17,18). The van der Waals surface area contributed by atoms with Crippen molar-refractivity contribution < 1.29 is 17.2 Å². The summed E-state index contributed by atoms with van der Waals surface area (Å²) in [6.45, 7) is 0. The van der Waals surface area contributed by atoms with Crippen LogP contribution in [0.4, 0.5) is 14.6 Å². The average Bonchev–Trinajstić information content (AvgIpc) is 2.81. The van der Waals surface area contributed by atoms with E-state index in [1.54, 1.807) is 24.3 Å². The highest BCUT2D eigenvalue weighted by molar-refractivity contribution is 7.92. The second kappa shape index (κ2) is 4.81. The Balaban J connectivity index is 2.03. The van der Waals surface area contributed by atoms with E-state index in [9.17, 15) is 17.2 Å². The fourth-order valence-electron chi connectivity index (χ4n) is 1.92. The van der Waals surface area contributed by atoms with E-state index < -0.39 is 26.6 Å². The molecule has 0 fully saturated rings. The van der Waals surface area contributed by atoms with Crippen LogP contribution in [0.2, 0.25) is 0 Å². The third kappa shape index (κ3) is 2.45. The summed E-state index contributed by atoms with van der Waals surface area (Å²) < 4.78 is 52.9. The molecule has 1 heterocycles. The number of aromatic amines is 1. The number of fused-ring (bicyclic) bond motifs is 1. The number of rotatable bonds is 3. The van der Waals surface area contributed by atoms with Crippen LogP contribution in [-0.4, -0.2) is 18.6 Å². The summed E-state index contributed by atoms with van der Waals surface area (Å²) in [5.41, 5.74) is 0.634. The first-order chi connectivity index (χ1) is 9.97. The number of hydrogen-bond acceptors (Lipinski definition) is 3. The molecule has 2 N–H and O–H groups in total. The van der Waals surface area contributed by atoms with Crippen molar-refractivity contribution in [3.63, 3.8) is 0 Å². The summed E-state index contributed by atoms with van der Waals surface area (Å²) in [5, 5.41) is 7.04. The van der Waals surface area contributed by atoms with Crippen molar-refractivity contribution in [3.05, 3.63) is 54.1 Å². The first-order valence-electron chi connectivity index (χ1n) is 5.88. The van der Waals surface area contributed by atoms with Gasteiger partial charge in [0.2, 0.25) is 0 Å². The summed E-state index contributed by atoms with van der Waals surface area (Å²) in [7, 11) is -4.20. The van der Waals surface area contributed by atoms with Crippen molar-refractivity contribution in [2.75, 3.05) is 4.72 Å². The molecule has 108 valence electrons. The number of nitrogens with one attached hydrogen (secondary N) is 2. The molecule has 0 amide bonds. The number of nitrogens with zero attached hydrogens (tertiary/aromatic N) is 1. The highest BCUT2D eigenvalue weighted by Gasteiger charge is 2.21. The van der Waals surface area contributed by atoms with Gasteiger partial charge in [0.1, 0.15) is 16.5 Å². The van der Waals surface area contributed by atoms with Gasteiger partial charge in [-0.1, -0.05) is 12.1 Å². The number of H-pyrrole nitrogens is 1. The van der Waals surface area contributed by atoms with E-state index >= 15 is 0 Å². The molecule has 1 aromatic heterocycles. The fourth-order valence-corrected chi connectivity index (χ4v) is 3.00. The normalized spacial score (nSPS) is 11.7. The number of hydrogen-bond donors (Lipinski definition) is 2. The molecule has 0 bridgehead atoms. The monoisotopic (exact) mass is 309 g/mol. The van der Waals surface area contributed by atoms with Crippen molar-refractivity contribution in [3.8, 4) is 0 Å². The Morgan fingerprint density at radius 1 is 1.10 bits per heavy atom. The molecule has 0 aliphatic carbocycles. The third-order valence-corrected chi connectivity index (χ3v) is 4.26. The van der Waals surface area contributed by atoms with Gasteiger partial charge in [-0.3, -0.25) is 9.82 Å². The highest BCUT2D eigenvalue weighted by Crippen LogP contribution is 2.24. The van der Waals surface area contributed by atoms with E-state index in [0.29, 0.717) is 17.0 Å². The minimum Gasteiger partial charge on any atom is -0.276 e. The molecule has 5 nitrogen and oxygen atoms in total. The summed E-state index contributed by atoms with van der Waals surface area (Å²) in [5.74, 6) is -1.96. The Kier molecular flexibility index (Phi) is 3.09. The predicted molar refractivity (Wildman–Crippen MR) is 73.3 cm³/mol. The summed E-state index contributed by atoms with van der Waals surface area (Å²) in [6.07, 6.45) is 0. The van der Waals surface area contributed by atoms with Crippen LogP contribution in [0.25, 0.3) is 10.9 Å². The van der Waals surface area contributed by atoms with Gasteiger partial charge in [-0.25, -0.2) is 17.2 Å². The van der Waals surface area contributed by atoms with Gasteiger partial charge in [-0.05, 0) is 24.3 Å². The molecule has 0 spiro atoms. The number of para-hydroxylation sites is 1. The maximum Gasteiger partial charge on any atom is 0.266 e. The zero-order valence-electron chi connectivity index (χ0n) is 10.5. The largest absolute Gasteiger partial charge is 0.276 e. The van der Waals surface area contributed by atoms with Crippen LogP contribution >= 0.6 is 0 Å². The average molecular weight is 309 g/mol. The van der Waals surface area contributed by atoms with Crippen LogP contribution in [0, 0.1) is 11.6 Å². The van der Waals surface area contributed by atoms with Gasteiger partial charge in [0.05, 0.1) is 5.52 Å². The van der Waals surface area contributed by atoms with Crippen molar-refractivity contribution >= 4 is 26.7 Å². The van der Waals surface area contributed by atoms with Gasteiger partial charge in [-0.2, -0.15) is 5.10 Å². The summed E-state index contributed by atoms with van der Waals surface area (Å²) in [6, 6.07) is 9.11. The topological polar surface area (TPSA) is 74.8 Å². The second-order valence-corrected chi connectivity index (χ2v) is 5.95. The molecule has 0 atom stereocenters.